The monoisotopic (exact) mass is 452 g/mol. The van der Waals surface area contributed by atoms with Crippen LogP contribution >= 0.6 is 0 Å². The molecule has 2 aliphatic heterocycles. The van der Waals surface area contributed by atoms with Crippen LogP contribution in [0.15, 0.2) is 30.3 Å². The van der Waals surface area contributed by atoms with E-state index in [1.165, 1.54) is 6.42 Å². The Labute approximate surface area is 194 Å². The topological polar surface area (TPSA) is 85.8 Å². The molecule has 0 bridgehead atoms. The summed E-state index contributed by atoms with van der Waals surface area (Å²) in [6.45, 7) is 3.55. The molecule has 1 aliphatic carbocycles. The third kappa shape index (κ3) is 4.42. The highest BCUT2D eigenvalue weighted by atomic mass is 16.5. The summed E-state index contributed by atoms with van der Waals surface area (Å²) >= 11 is 0. The van der Waals surface area contributed by atoms with E-state index >= 15 is 0 Å². The van der Waals surface area contributed by atoms with Gasteiger partial charge in [-0.25, -0.2) is 0 Å². The minimum absolute atomic E-state index is 0.0957. The third-order valence-electron chi connectivity index (χ3n) is 7.16. The average Bonchev–Trinajstić information content (AvgIpc) is 3.31. The van der Waals surface area contributed by atoms with Crippen molar-refractivity contribution in [2.24, 2.45) is 0 Å². The molecule has 1 aromatic heterocycles. The highest BCUT2D eigenvalue weighted by molar-refractivity contribution is 5.86. The van der Waals surface area contributed by atoms with Crippen molar-refractivity contribution in [1.29, 1.82) is 0 Å². The van der Waals surface area contributed by atoms with Crippen LogP contribution in [0.1, 0.15) is 37.7 Å². The van der Waals surface area contributed by atoms with E-state index in [9.17, 15) is 4.79 Å². The maximum atomic E-state index is 13.5. The van der Waals surface area contributed by atoms with E-state index in [2.05, 4.69) is 26.5 Å². The molecule has 3 heterocycles. The predicted octanol–water partition coefficient (Wildman–Crippen LogP) is 2.61. The van der Waals surface area contributed by atoms with Crippen molar-refractivity contribution < 1.29 is 19.0 Å². The van der Waals surface area contributed by atoms with Gasteiger partial charge in [-0.3, -0.25) is 9.69 Å². The van der Waals surface area contributed by atoms with Gasteiger partial charge in [0.25, 0.3) is 0 Å². The van der Waals surface area contributed by atoms with Crippen molar-refractivity contribution in [1.82, 2.24) is 20.4 Å². The molecule has 2 aromatic rings. The fraction of sp³-hybridized carbons (Fsp3) is 0.560. The first-order valence-electron chi connectivity index (χ1n) is 12.0. The maximum Gasteiger partial charge on any atom is 0.240 e. The molecule has 0 radical (unpaired) electrons. The lowest BCUT2D eigenvalue weighted by Gasteiger charge is -2.46. The number of nitrogens with zero attached hydrogens (tertiary/aromatic N) is 3. The molecule has 8 heteroatoms. The Hall–Kier alpha value is -2.71. The maximum absolute atomic E-state index is 13.5. The molecule has 1 amide bonds. The second-order valence-corrected chi connectivity index (χ2v) is 9.10. The number of carbonyl (C=O) groups excluding carboxylic acids is 1. The summed E-state index contributed by atoms with van der Waals surface area (Å²) in [5, 5.41) is 11.6. The van der Waals surface area contributed by atoms with Crippen LogP contribution in [-0.2, 0) is 16.0 Å². The molecule has 2 fully saturated rings. The zero-order valence-corrected chi connectivity index (χ0v) is 19.2. The molecular weight excluding hydrogens is 420 g/mol. The Morgan fingerprint density at radius 3 is 2.70 bits per heavy atom. The number of morpholine rings is 1. The number of benzene rings is 1. The van der Waals surface area contributed by atoms with E-state index in [-0.39, 0.29) is 12.0 Å². The molecule has 1 aromatic carbocycles. The number of hydrogen-bond donors (Lipinski definition) is 1. The van der Waals surface area contributed by atoms with Gasteiger partial charge in [0.2, 0.25) is 11.8 Å². The second-order valence-electron chi connectivity index (χ2n) is 9.10. The third-order valence-corrected chi connectivity index (χ3v) is 7.16. The van der Waals surface area contributed by atoms with Gasteiger partial charge in [0.15, 0.2) is 0 Å². The standard InChI is InChI=1S/C25H32N4O4/c1-31-22-9-8-21(27-28-22)20-7-5-6-18-16-19(33-23(18)20)17-26-24(30)25(10-3-2-4-11-25)29-12-14-32-15-13-29/h5-9,19H,2-4,10-17H2,1H3,(H,26,30). The molecule has 0 spiro atoms. The van der Waals surface area contributed by atoms with E-state index in [0.717, 1.165) is 67.8 Å². The first-order valence-corrected chi connectivity index (χ1v) is 12.0. The number of carbonyl (C=O) groups is 1. The zero-order valence-electron chi connectivity index (χ0n) is 19.2. The lowest BCUT2D eigenvalue weighted by atomic mass is 9.79. The number of rotatable bonds is 6. The number of methoxy groups -OCH3 is 1. The molecule has 1 N–H and O–H groups in total. The Morgan fingerprint density at radius 1 is 1.15 bits per heavy atom. The number of amides is 1. The Morgan fingerprint density at radius 2 is 1.97 bits per heavy atom. The van der Waals surface area contributed by atoms with Gasteiger partial charge in [-0.2, -0.15) is 0 Å². The number of ether oxygens (including phenoxy) is 3. The van der Waals surface area contributed by atoms with Crippen LogP contribution in [-0.4, -0.2) is 72.6 Å². The van der Waals surface area contributed by atoms with Crippen molar-refractivity contribution in [2.75, 3.05) is 40.0 Å². The number of fused-ring (bicyclic) bond motifs is 1. The Bertz CT molecular complexity index is 969. The molecular formula is C25H32N4O4. The summed E-state index contributed by atoms with van der Waals surface area (Å²) in [7, 11) is 1.57. The van der Waals surface area contributed by atoms with Crippen LogP contribution in [0.4, 0.5) is 0 Å². The van der Waals surface area contributed by atoms with Gasteiger partial charge in [-0.05, 0) is 30.5 Å². The van der Waals surface area contributed by atoms with Gasteiger partial charge in [0.05, 0.1) is 32.6 Å². The predicted molar refractivity (Wildman–Crippen MR) is 123 cm³/mol. The van der Waals surface area contributed by atoms with Crippen molar-refractivity contribution in [2.45, 2.75) is 50.2 Å². The smallest absolute Gasteiger partial charge is 0.240 e. The quantitative estimate of drug-likeness (QED) is 0.721. The molecule has 5 rings (SSSR count). The minimum Gasteiger partial charge on any atom is -0.487 e. The normalized spacial score (nSPS) is 22.3. The van der Waals surface area contributed by atoms with Crippen LogP contribution in [0, 0.1) is 0 Å². The largest absolute Gasteiger partial charge is 0.487 e. The molecule has 1 atom stereocenters. The molecule has 3 aliphatic rings. The van der Waals surface area contributed by atoms with Crippen molar-refractivity contribution in [3.8, 4) is 22.9 Å². The summed E-state index contributed by atoms with van der Waals surface area (Å²) in [4.78, 5) is 15.9. The highest BCUT2D eigenvalue weighted by Crippen LogP contribution is 2.38. The lowest BCUT2D eigenvalue weighted by Crippen LogP contribution is -2.62. The van der Waals surface area contributed by atoms with E-state index in [1.807, 2.05) is 18.2 Å². The van der Waals surface area contributed by atoms with E-state index in [0.29, 0.717) is 25.6 Å². The summed E-state index contributed by atoms with van der Waals surface area (Å²) in [6.07, 6.45) is 5.91. The van der Waals surface area contributed by atoms with Gasteiger partial charge < -0.3 is 19.5 Å². The summed E-state index contributed by atoms with van der Waals surface area (Å²) in [6, 6.07) is 9.76. The molecule has 33 heavy (non-hydrogen) atoms. The van der Waals surface area contributed by atoms with Crippen LogP contribution < -0.4 is 14.8 Å². The Balaban J connectivity index is 1.26. The van der Waals surface area contributed by atoms with Gasteiger partial charge in [0.1, 0.15) is 17.4 Å². The van der Waals surface area contributed by atoms with Crippen LogP contribution in [0.5, 0.6) is 11.6 Å². The number of aromatic nitrogens is 2. The first kappa shape index (κ1) is 22.1. The van der Waals surface area contributed by atoms with E-state index in [4.69, 9.17) is 14.2 Å². The van der Waals surface area contributed by atoms with Crippen molar-refractivity contribution in [3.05, 3.63) is 35.9 Å². The summed E-state index contributed by atoms with van der Waals surface area (Å²) in [5.74, 6) is 1.45. The molecule has 176 valence electrons. The molecule has 8 nitrogen and oxygen atoms in total. The van der Waals surface area contributed by atoms with E-state index < -0.39 is 5.54 Å². The average molecular weight is 453 g/mol. The van der Waals surface area contributed by atoms with Gasteiger partial charge in [0, 0.05) is 31.1 Å². The number of hydrogen-bond acceptors (Lipinski definition) is 7. The SMILES string of the molecule is COc1ccc(-c2cccc3c2OC(CNC(=O)C2(N4CCOCC4)CCCCC2)C3)nn1. The van der Waals surface area contributed by atoms with Crippen LogP contribution in [0.2, 0.25) is 0 Å². The summed E-state index contributed by atoms with van der Waals surface area (Å²) < 4.78 is 17.0. The zero-order chi connectivity index (χ0) is 22.7. The summed E-state index contributed by atoms with van der Waals surface area (Å²) in [5.41, 5.74) is 2.38. The Kier molecular flexibility index (Phi) is 6.46. The van der Waals surface area contributed by atoms with E-state index in [1.54, 1.807) is 13.2 Å². The first-order chi connectivity index (χ1) is 16.2. The van der Waals surface area contributed by atoms with Crippen molar-refractivity contribution >= 4 is 5.91 Å². The highest BCUT2D eigenvalue weighted by Gasteiger charge is 2.45. The fourth-order valence-electron chi connectivity index (χ4n) is 5.41. The van der Waals surface area contributed by atoms with Gasteiger partial charge in [-0.15, -0.1) is 10.2 Å². The number of para-hydroxylation sites is 1. The van der Waals surface area contributed by atoms with Gasteiger partial charge >= 0.3 is 0 Å². The van der Waals surface area contributed by atoms with Crippen molar-refractivity contribution in [3.63, 3.8) is 0 Å². The number of nitrogens with one attached hydrogen (secondary N) is 1. The lowest BCUT2D eigenvalue weighted by molar-refractivity contribution is -0.140. The fourth-order valence-corrected chi connectivity index (χ4v) is 5.41. The second kappa shape index (κ2) is 9.65. The minimum atomic E-state index is -0.405. The van der Waals surface area contributed by atoms with Crippen LogP contribution in [0.25, 0.3) is 11.3 Å². The van der Waals surface area contributed by atoms with Gasteiger partial charge in [-0.1, -0.05) is 31.4 Å². The van der Waals surface area contributed by atoms with Crippen LogP contribution in [0.3, 0.4) is 0 Å². The molecule has 1 unspecified atom stereocenters. The molecule has 1 saturated heterocycles. The molecule has 1 saturated carbocycles.